The number of likely N-dealkylation sites (tertiary alicyclic amines) is 1. The van der Waals surface area contributed by atoms with Crippen molar-refractivity contribution >= 4 is 5.78 Å². The second kappa shape index (κ2) is 6.81. The lowest BCUT2D eigenvalue weighted by Crippen LogP contribution is -2.42. The Bertz CT molecular complexity index is 688. The van der Waals surface area contributed by atoms with Crippen molar-refractivity contribution < 1.29 is 9.32 Å². The lowest BCUT2D eigenvalue weighted by Gasteiger charge is -2.35. The van der Waals surface area contributed by atoms with Crippen LogP contribution in [0.3, 0.4) is 0 Å². The Kier molecular flexibility index (Phi) is 4.76. The number of carbonyl (C=O) groups excluding carboxylic acids is 1. The third-order valence-electron chi connectivity index (χ3n) is 4.89. The van der Waals surface area contributed by atoms with E-state index in [1.807, 2.05) is 26.0 Å². The van der Waals surface area contributed by atoms with Gasteiger partial charge in [-0.2, -0.15) is 4.98 Å². The zero-order chi connectivity index (χ0) is 17.2. The monoisotopic (exact) mass is 328 g/mol. The van der Waals surface area contributed by atoms with Crippen LogP contribution in [0.4, 0.5) is 0 Å². The van der Waals surface area contributed by atoms with Gasteiger partial charge in [0, 0.05) is 35.8 Å². The molecule has 6 nitrogen and oxygen atoms in total. The van der Waals surface area contributed by atoms with Crippen LogP contribution in [0.5, 0.6) is 0 Å². The molecule has 6 heteroatoms. The van der Waals surface area contributed by atoms with Crippen LogP contribution in [0.2, 0.25) is 0 Å². The van der Waals surface area contributed by atoms with Gasteiger partial charge in [-0.1, -0.05) is 19.0 Å². The molecular formula is C18H24N4O2. The molecule has 3 rings (SSSR count). The van der Waals surface area contributed by atoms with Gasteiger partial charge in [0.2, 0.25) is 11.7 Å². The van der Waals surface area contributed by atoms with E-state index < -0.39 is 0 Å². The molecule has 128 valence electrons. The first-order valence-electron chi connectivity index (χ1n) is 8.43. The standard InChI is InChI=1S/C18H24N4O2/c1-13(23)18(2,3)12-22-10-6-15(7-11-22)17-20-16(21-24-17)14-4-8-19-9-5-14/h4-5,8-9,15H,6-7,10-12H2,1-3H3. The predicted molar refractivity (Wildman–Crippen MR) is 90.4 cm³/mol. The first-order chi connectivity index (χ1) is 11.5. The number of piperidine rings is 1. The van der Waals surface area contributed by atoms with Crippen LogP contribution in [-0.2, 0) is 4.79 Å². The molecule has 0 aliphatic carbocycles. The van der Waals surface area contributed by atoms with Crippen LogP contribution in [0.15, 0.2) is 29.0 Å². The smallest absolute Gasteiger partial charge is 0.230 e. The van der Waals surface area contributed by atoms with Gasteiger partial charge in [0.25, 0.3) is 0 Å². The average Bonchev–Trinajstić information content (AvgIpc) is 3.06. The van der Waals surface area contributed by atoms with Crippen molar-refractivity contribution in [3.63, 3.8) is 0 Å². The van der Waals surface area contributed by atoms with Crippen molar-refractivity contribution in [1.82, 2.24) is 20.0 Å². The fraction of sp³-hybridized carbons (Fsp3) is 0.556. The van der Waals surface area contributed by atoms with Crippen LogP contribution in [0.25, 0.3) is 11.4 Å². The normalized spacial score (nSPS) is 17.1. The number of nitrogens with zero attached hydrogens (tertiary/aromatic N) is 4. The SMILES string of the molecule is CC(=O)C(C)(C)CN1CCC(c2nc(-c3ccncc3)no2)CC1. The molecule has 1 saturated heterocycles. The summed E-state index contributed by atoms with van der Waals surface area (Å²) in [6.45, 7) is 8.41. The van der Waals surface area contributed by atoms with Gasteiger partial charge in [-0.15, -0.1) is 0 Å². The third kappa shape index (κ3) is 3.70. The van der Waals surface area contributed by atoms with E-state index in [9.17, 15) is 4.79 Å². The van der Waals surface area contributed by atoms with Gasteiger partial charge in [0.15, 0.2) is 0 Å². The largest absolute Gasteiger partial charge is 0.339 e. The molecule has 24 heavy (non-hydrogen) atoms. The van der Waals surface area contributed by atoms with Gasteiger partial charge in [0.1, 0.15) is 5.78 Å². The zero-order valence-electron chi connectivity index (χ0n) is 14.5. The molecule has 0 unspecified atom stereocenters. The highest BCUT2D eigenvalue weighted by molar-refractivity contribution is 5.81. The van der Waals surface area contributed by atoms with E-state index >= 15 is 0 Å². The van der Waals surface area contributed by atoms with E-state index in [1.165, 1.54) is 0 Å². The minimum Gasteiger partial charge on any atom is -0.339 e. The Labute approximate surface area is 142 Å². The van der Waals surface area contributed by atoms with E-state index in [2.05, 4.69) is 20.0 Å². The molecule has 0 N–H and O–H groups in total. The summed E-state index contributed by atoms with van der Waals surface area (Å²) < 4.78 is 5.48. The maximum atomic E-state index is 11.7. The summed E-state index contributed by atoms with van der Waals surface area (Å²) in [5.41, 5.74) is 0.631. The molecule has 1 fully saturated rings. The number of aromatic nitrogens is 3. The van der Waals surface area contributed by atoms with E-state index in [1.54, 1.807) is 19.3 Å². The zero-order valence-corrected chi connectivity index (χ0v) is 14.5. The molecule has 2 aromatic heterocycles. The molecule has 0 bridgehead atoms. The summed E-state index contributed by atoms with van der Waals surface area (Å²) in [5, 5.41) is 4.09. The second-order valence-electron chi connectivity index (χ2n) is 7.18. The Morgan fingerprint density at radius 3 is 2.58 bits per heavy atom. The maximum absolute atomic E-state index is 11.7. The molecule has 1 aliphatic heterocycles. The van der Waals surface area contributed by atoms with Crippen molar-refractivity contribution in [1.29, 1.82) is 0 Å². The average molecular weight is 328 g/mol. The molecule has 2 aromatic rings. The molecule has 0 aromatic carbocycles. The number of hydrogen-bond donors (Lipinski definition) is 0. The number of Topliss-reactive ketones (excluding diaryl/α,β-unsaturated/α-hetero) is 1. The lowest BCUT2D eigenvalue weighted by atomic mass is 9.87. The molecule has 0 spiro atoms. The highest BCUT2D eigenvalue weighted by atomic mass is 16.5. The van der Waals surface area contributed by atoms with E-state index in [-0.39, 0.29) is 11.2 Å². The Hall–Kier alpha value is -2.08. The second-order valence-corrected chi connectivity index (χ2v) is 7.18. The van der Waals surface area contributed by atoms with Crippen molar-refractivity contribution in [2.45, 2.75) is 39.5 Å². The van der Waals surface area contributed by atoms with Gasteiger partial charge in [-0.3, -0.25) is 9.78 Å². The first kappa shape index (κ1) is 16.8. The van der Waals surface area contributed by atoms with Gasteiger partial charge < -0.3 is 9.42 Å². The highest BCUT2D eigenvalue weighted by Gasteiger charge is 2.31. The summed E-state index contributed by atoms with van der Waals surface area (Å²) in [5.74, 6) is 1.87. The molecule has 0 saturated carbocycles. The van der Waals surface area contributed by atoms with Gasteiger partial charge in [0.05, 0.1) is 0 Å². The number of pyridine rings is 1. The van der Waals surface area contributed by atoms with Gasteiger partial charge >= 0.3 is 0 Å². The predicted octanol–water partition coefficient (Wildman–Crippen LogP) is 2.93. The lowest BCUT2D eigenvalue weighted by molar-refractivity contribution is -0.126. The van der Waals surface area contributed by atoms with Crippen LogP contribution in [0.1, 0.15) is 45.4 Å². The van der Waals surface area contributed by atoms with Gasteiger partial charge in [-0.05, 0) is 45.0 Å². The number of ketones is 1. The molecule has 0 amide bonds. The van der Waals surface area contributed by atoms with E-state index in [0.717, 1.165) is 38.0 Å². The first-order valence-corrected chi connectivity index (χ1v) is 8.43. The van der Waals surface area contributed by atoms with Crippen LogP contribution < -0.4 is 0 Å². The number of hydrogen-bond acceptors (Lipinski definition) is 6. The summed E-state index contributed by atoms with van der Waals surface area (Å²) in [7, 11) is 0. The van der Waals surface area contributed by atoms with Crippen LogP contribution in [0, 0.1) is 5.41 Å². The summed E-state index contributed by atoms with van der Waals surface area (Å²) in [6.07, 6.45) is 5.40. The quantitative estimate of drug-likeness (QED) is 0.840. The Morgan fingerprint density at radius 2 is 1.96 bits per heavy atom. The van der Waals surface area contributed by atoms with Crippen molar-refractivity contribution in [2.75, 3.05) is 19.6 Å². The maximum Gasteiger partial charge on any atom is 0.230 e. The van der Waals surface area contributed by atoms with Crippen molar-refractivity contribution in [2.24, 2.45) is 5.41 Å². The summed E-state index contributed by atoms with van der Waals surface area (Å²) in [6, 6.07) is 3.75. The Morgan fingerprint density at radius 1 is 1.29 bits per heavy atom. The number of carbonyl (C=O) groups is 1. The van der Waals surface area contributed by atoms with Crippen molar-refractivity contribution in [3.05, 3.63) is 30.4 Å². The molecule has 1 aliphatic rings. The van der Waals surface area contributed by atoms with Crippen LogP contribution >= 0.6 is 0 Å². The number of rotatable bonds is 5. The Balaban J connectivity index is 1.60. The molecule has 0 radical (unpaired) electrons. The van der Waals surface area contributed by atoms with E-state index in [4.69, 9.17) is 4.52 Å². The molecule has 0 atom stereocenters. The topological polar surface area (TPSA) is 72.1 Å². The summed E-state index contributed by atoms with van der Waals surface area (Å²) >= 11 is 0. The third-order valence-corrected chi connectivity index (χ3v) is 4.89. The van der Waals surface area contributed by atoms with E-state index in [0.29, 0.717) is 17.6 Å². The van der Waals surface area contributed by atoms with Gasteiger partial charge in [-0.25, -0.2) is 0 Å². The minimum atomic E-state index is -0.286. The highest BCUT2D eigenvalue weighted by Crippen LogP contribution is 2.30. The van der Waals surface area contributed by atoms with Crippen molar-refractivity contribution in [3.8, 4) is 11.4 Å². The van der Waals surface area contributed by atoms with Crippen LogP contribution in [-0.4, -0.2) is 45.4 Å². The summed E-state index contributed by atoms with van der Waals surface area (Å²) in [4.78, 5) is 22.6. The fourth-order valence-corrected chi connectivity index (χ4v) is 3.03. The fourth-order valence-electron chi connectivity index (χ4n) is 3.03. The molecular weight excluding hydrogens is 304 g/mol. The minimum absolute atomic E-state index is 0.239. The molecule has 3 heterocycles.